The van der Waals surface area contributed by atoms with E-state index < -0.39 is 21.6 Å². The molecule has 0 radical (unpaired) electrons. The molecule has 0 atom stereocenters. The molecule has 0 spiro atoms. The first-order valence-electron chi connectivity index (χ1n) is 8.90. The summed E-state index contributed by atoms with van der Waals surface area (Å²) in [5, 5.41) is 5.10. The minimum absolute atomic E-state index is 0.0207. The summed E-state index contributed by atoms with van der Waals surface area (Å²) in [6.45, 7) is 1.77. The molecular weight excluding hydrogens is 447 g/mol. The molecule has 5 nitrogen and oxygen atoms in total. The van der Waals surface area contributed by atoms with Crippen molar-refractivity contribution < 1.29 is 17.6 Å². The number of rotatable bonds is 4. The molecule has 30 heavy (non-hydrogen) atoms. The van der Waals surface area contributed by atoms with E-state index in [9.17, 15) is 17.6 Å². The van der Waals surface area contributed by atoms with Crippen LogP contribution in [0.5, 0.6) is 0 Å². The Bertz CT molecular complexity index is 1270. The minimum atomic E-state index is -4.14. The van der Waals surface area contributed by atoms with E-state index in [0.717, 1.165) is 5.56 Å². The highest BCUT2D eigenvalue weighted by atomic mass is 35.5. The van der Waals surface area contributed by atoms with Gasteiger partial charge in [0.2, 0.25) is 5.78 Å². The monoisotopic (exact) mass is 462 g/mol. The highest BCUT2D eigenvalue weighted by Crippen LogP contribution is 2.39. The molecule has 9 heteroatoms. The lowest BCUT2D eigenvalue weighted by molar-refractivity contribution is 0.104. The van der Waals surface area contributed by atoms with Crippen molar-refractivity contribution in [3.05, 3.63) is 91.9 Å². The molecule has 1 aliphatic heterocycles. The van der Waals surface area contributed by atoms with Crippen LogP contribution < -0.4 is 9.62 Å². The van der Waals surface area contributed by atoms with Gasteiger partial charge in [-0.2, -0.15) is 0 Å². The number of benzene rings is 2. The third-order valence-electron chi connectivity index (χ3n) is 4.78. The summed E-state index contributed by atoms with van der Waals surface area (Å²) in [7, 11) is -4.14. The van der Waals surface area contributed by atoms with E-state index in [4.69, 9.17) is 11.6 Å². The Hall–Kier alpha value is -2.68. The number of ketones is 1. The molecule has 0 aliphatic carbocycles. The van der Waals surface area contributed by atoms with Gasteiger partial charge in [-0.05, 0) is 53.8 Å². The van der Waals surface area contributed by atoms with Crippen LogP contribution in [0.25, 0.3) is 0 Å². The number of carbonyl (C=O) groups is 1. The second-order valence-corrected chi connectivity index (χ2v) is 9.82. The minimum Gasteiger partial charge on any atom is -0.360 e. The summed E-state index contributed by atoms with van der Waals surface area (Å²) in [6.07, 6.45) is 1.21. The molecule has 4 rings (SSSR count). The molecular formula is C21H16ClFN2O3S2. The lowest BCUT2D eigenvalue weighted by Gasteiger charge is -2.29. The molecule has 0 saturated heterocycles. The first-order chi connectivity index (χ1) is 14.3. The molecule has 0 bridgehead atoms. The summed E-state index contributed by atoms with van der Waals surface area (Å²) in [5.74, 6) is -0.976. The van der Waals surface area contributed by atoms with Crippen LogP contribution in [0.3, 0.4) is 0 Å². The predicted molar refractivity (Wildman–Crippen MR) is 118 cm³/mol. The zero-order valence-electron chi connectivity index (χ0n) is 15.7. The zero-order chi connectivity index (χ0) is 21.5. The molecule has 0 unspecified atom stereocenters. The van der Waals surface area contributed by atoms with Gasteiger partial charge in [0, 0.05) is 16.9 Å². The highest BCUT2D eigenvalue weighted by Gasteiger charge is 2.41. The number of hydrogen-bond donors (Lipinski definition) is 1. The predicted octanol–water partition coefficient (Wildman–Crippen LogP) is 5.34. The Labute approximate surface area is 182 Å². The number of nitrogens with zero attached hydrogens (tertiary/aromatic N) is 1. The van der Waals surface area contributed by atoms with Crippen LogP contribution in [0.1, 0.15) is 20.8 Å². The third kappa shape index (κ3) is 3.62. The van der Waals surface area contributed by atoms with Crippen molar-refractivity contribution in [1.82, 2.24) is 0 Å². The molecule has 1 aromatic heterocycles. The van der Waals surface area contributed by atoms with Gasteiger partial charge in [-0.15, -0.1) is 11.3 Å². The normalized spacial score (nSPS) is 16.6. The van der Waals surface area contributed by atoms with Gasteiger partial charge in [-0.25, -0.2) is 12.8 Å². The van der Waals surface area contributed by atoms with Crippen molar-refractivity contribution in [3.8, 4) is 0 Å². The van der Waals surface area contributed by atoms with Crippen molar-refractivity contribution in [2.24, 2.45) is 0 Å². The number of sulfonamides is 1. The second-order valence-electron chi connectivity index (χ2n) is 6.67. The number of anilines is 2. The van der Waals surface area contributed by atoms with E-state index in [1.54, 1.807) is 36.6 Å². The molecule has 3 aromatic rings. The number of thiophene rings is 1. The van der Waals surface area contributed by atoms with Crippen LogP contribution in [0.15, 0.2) is 65.0 Å². The van der Waals surface area contributed by atoms with Crippen molar-refractivity contribution in [2.45, 2.75) is 13.5 Å². The first kappa shape index (κ1) is 20.6. The molecule has 1 N–H and O–H groups in total. The maximum atomic E-state index is 13.3. The summed E-state index contributed by atoms with van der Waals surface area (Å²) in [4.78, 5) is 12.9. The topological polar surface area (TPSA) is 66.5 Å². The van der Waals surface area contributed by atoms with Gasteiger partial charge < -0.3 is 5.32 Å². The number of carbonyl (C=O) groups excluding carboxylic acids is 1. The molecule has 1 aliphatic rings. The maximum absolute atomic E-state index is 13.3. The number of nitrogens with one attached hydrogen (secondary N) is 1. The van der Waals surface area contributed by atoms with E-state index in [-0.39, 0.29) is 11.4 Å². The fourth-order valence-electron chi connectivity index (χ4n) is 3.12. The number of hydrogen-bond acceptors (Lipinski definition) is 5. The zero-order valence-corrected chi connectivity index (χ0v) is 18.1. The third-order valence-corrected chi connectivity index (χ3v) is 7.85. The van der Waals surface area contributed by atoms with Gasteiger partial charge in [-0.3, -0.25) is 9.10 Å². The number of Topliss-reactive ketones (excluding diaryl/α,β-unsaturated/α-hetero) is 1. The van der Waals surface area contributed by atoms with Crippen LogP contribution in [-0.2, 0) is 16.6 Å². The van der Waals surface area contributed by atoms with Crippen molar-refractivity contribution >= 4 is 50.1 Å². The van der Waals surface area contributed by atoms with E-state index >= 15 is 0 Å². The molecule has 154 valence electrons. The standard InChI is InChI=1S/C21H16ClFN2O3S2/c1-13-16(22)3-2-4-17(13)24-11-19-20(26)21-18(9-10-29-21)25(30(19,27)28)12-14-5-7-15(23)8-6-14/h2-11,24H,12H2,1H3/b19-11-. The van der Waals surface area contributed by atoms with Crippen LogP contribution >= 0.6 is 22.9 Å². The molecule has 2 aromatic carbocycles. The molecule has 0 saturated carbocycles. The Balaban J connectivity index is 1.75. The quantitative estimate of drug-likeness (QED) is 0.532. The first-order valence-corrected chi connectivity index (χ1v) is 11.6. The molecule has 2 heterocycles. The number of fused-ring (bicyclic) bond motifs is 1. The highest BCUT2D eigenvalue weighted by molar-refractivity contribution is 7.97. The van der Waals surface area contributed by atoms with Crippen LogP contribution in [0.2, 0.25) is 5.02 Å². The Morgan fingerprint density at radius 1 is 1.17 bits per heavy atom. The van der Waals surface area contributed by atoms with Crippen LogP contribution in [-0.4, -0.2) is 14.2 Å². The summed E-state index contributed by atoms with van der Waals surface area (Å²) in [5.41, 5.74) is 2.26. The summed E-state index contributed by atoms with van der Waals surface area (Å²) >= 11 is 7.29. The van der Waals surface area contributed by atoms with Gasteiger partial charge in [0.15, 0.2) is 4.91 Å². The second kappa shape index (κ2) is 7.86. The average molecular weight is 463 g/mol. The molecule has 0 amide bonds. The van der Waals surface area contributed by atoms with Gasteiger partial charge in [0.25, 0.3) is 10.0 Å². The van der Waals surface area contributed by atoms with Crippen LogP contribution in [0, 0.1) is 12.7 Å². The van der Waals surface area contributed by atoms with Gasteiger partial charge in [0.1, 0.15) is 10.7 Å². The Morgan fingerprint density at radius 2 is 1.90 bits per heavy atom. The van der Waals surface area contributed by atoms with Crippen molar-refractivity contribution in [2.75, 3.05) is 9.62 Å². The fraction of sp³-hybridized carbons (Fsp3) is 0.0952. The Kier molecular flexibility index (Phi) is 5.40. The van der Waals surface area contributed by atoms with E-state index in [1.807, 2.05) is 0 Å². The number of halogens is 2. The van der Waals surface area contributed by atoms with E-state index in [1.165, 1.54) is 46.1 Å². The lowest BCUT2D eigenvalue weighted by Crippen LogP contribution is -2.38. The van der Waals surface area contributed by atoms with Crippen LogP contribution in [0.4, 0.5) is 15.8 Å². The van der Waals surface area contributed by atoms with Crippen molar-refractivity contribution in [1.29, 1.82) is 0 Å². The van der Waals surface area contributed by atoms with E-state index in [2.05, 4.69) is 5.32 Å². The number of allylic oxidation sites excluding steroid dienone is 1. The smallest absolute Gasteiger partial charge is 0.270 e. The summed E-state index contributed by atoms with van der Waals surface area (Å²) in [6, 6.07) is 12.4. The van der Waals surface area contributed by atoms with E-state index in [0.29, 0.717) is 26.8 Å². The van der Waals surface area contributed by atoms with Gasteiger partial charge in [-0.1, -0.05) is 29.8 Å². The maximum Gasteiger partial charge on any atom is 0.270 e. The SMILES string of the molecule is Cc1c(Cl)cccc1N/C=C1/C(=O)c2sccc2N(Cc2ccc(F)cc2)S1(=O)=O. The average Bonchev–Trinajstić information content (AvgIpc) is 3.19. The van der Waals surface area contributed by atoms with Gasteiger partial charge in [0.05, 0.1) is 12.2 Å². The van der Waals surface area contributed by atoms with Gasteiger partial charge >= 0.3 is 0 Å². The largest absolute Gasteiger partial charge is 0.360 e. The molecule has 0 fully saturated rings. The fourth-order valence-corrected chi connectivity index (χ4v) is 5.78. The Morgan fingerprint density at radius 3 is 2.63 bits per heavy atom. The lowest BCUT2D eigenvalue weighted by atomic mass is 10.2. The van der Waals surface area contributed by atoms with Crippen molar-refractivity contribution in [3.63, 3.8) is 0 Å². The summed E-state index contributed by atoms with van der Waals surface area (Å²) < 4.78 is 41.1.